The van der Waals surface area contributed by atoms with Crippen LogP contribution in [-0.4, -0.2) is 34.2 Å². The molecule has 0 radical (unpaired) electrons. The zero-order valence-corrected chi connectivity index (χ0v) is 8.40. The van der Waals surface area contributed by atoms with E-state index in [1.165, 1.54) is 12.8 Å². The second-order valence-corrected chi connectivity index (χ2v) is 5.18. The van der Waals surface area contributed by atoms with E-state index < -0.39 is 5.97 Å². The summed E-state index contributed by atoms with van der Waals surface area (Å²) in [7, 11) is 0. The van der Waals surface area contributed by atoms with E-state index in [1.807, 2.05) is 11.8 Å². The molecular weight excluding hydrogens is 186 g/mol. The summed E-state index contributed by atoms with van der Waals surface area (Å²) >= 11 is 1.87. The highest BCUT2D eigenvalue weighted by molar-refractivity contribution is 7.99. The third-order valence-electron chi connectivity index (χ3n) is 2.68. The van der Waals surface area contributed by atoms with Crippen molar-refractivity contribution in [2.75, 3.05) is 11.5 Å². The number of carboxylic acid groups (broad SMARTS) is 1. The average molecular weight is 201 g/mol. The summed E-state index contributed by atoms with van der Waals surface area (Å²) < 4.78 is 0. The molecule has 1 saturated carbocycles. The molecule has 1 saturated heterocycles. The fourth-order valence-electron chi connectivity index (χ4n) is 1.86. The van der Waals surface area contributed by atoms with E-state index in [0.717, 1.165) is 17.9 Å². The number of hydrogen-bond acceptors (Lipinski definition) is 3. The van der Waals surface area contributed by atoms with E-state index in [1.54, 1.807) is 0 Å². The summed E-state index contributed by atoms with van der Waals surface area (Å²) in [4.78, 5) is 10.7. The molecular formula is C9H15NO2S. The Balaban J connectivity index is 1.95. The van der Waals surface area contributed by atoms with Gasteiger partial charge in [-0.3, -0.25) is 4.79 Å². The lowest BCUT2D eigenvalue weighted by Crippen LogP contribution is -2.48. The maximum Gasteiger partial charge on any atom is 0.305 e. The zero-order chi connectivity index (χ0) is 9.31. The molecule has 1 atom stereocenters. The molecule has 0 aromatic heterocycles. The second kappa shape index (κ2) is 3.50. The standard InChI is InChI=1S/C9H15NO2S/c11-8(12)5-9(3-4-13-6-9)10-7-1-2-7/h7,10H,1-6H2,(H,11,12). The van der Waals surface area contributed by atoms with E-state index in [2.05, 4.69) is 5.32 Å². The maximum atomic E-state index is 10.7. The average Bonchev–Trinajstić information content (AvgIpc) is 2.70. The molecule has 0 amide bonds. The Kier molecular flexibility index (Phi) is 2.51. The van der Waals surface area contributed by atoms with Crippen molar-refractivity contribution in [1.29, 1.82) is 0 Å². The first-order chi connectivity index (χ1) is 6.20. The summed E-state index contributed by atoms with van der Waals surface area (Å²) in [5, 5.41) is 12.3. The summed E-state index contributed by atoms with van der Waals surface area (Å²) in [6, 6.07) is 0.609. The van der Waals surface area contributed by atoms with Crippen molar-refractivity contribution in [3.63, 3.8) is 0 Å². The van der Waals surface area contributed by atoms with E-state index in [4.69, 9.17) is 5.11 Å². The molecule has 74 valence electrons. The maximum absolute atomic E-state index is 10.7. The lowest BCUT2D eigenvalue weighted by Gasteiger charge is -2.27. The number of carbonyl (C=O) groups is 1. The highest BCUT2D eigenvalue weighted by Crippen LogP contribution is 2.34. The van der Waals surface area contributed by atoms with Gasteiger partial charge < -0.3 is 10.4 Å². The van der Waals surface area contributed by atoms with Gasteiger partial charge in [-0.25, -0.2) is 0 Å². The van der Waals surface area contributed by atoms with Crippen molar-refractivity contribution >= 4 is 17.7 Å². The van der Waals surface area contributed by atoms with Crippen LogP contribution in [0.4, 0.5) is 0 Å². The SMILES string of the molecule is O=C(O)CC1(NC2CC2)CCSC1. The summed E-state index contributed by atoms with van der Waals surface area (Å²) in [5.41, 5.74) is -0.0856. The molecule has 0 aromatic rings. The molecule has 1 heterocycles. The number of carboxylic acids is 1. The second-order valence-electron chi connectivity index (χ2n) is 4.07. The zero-order valence-electron chi connectivity index (χ0n) is 7.58. The number of hydrogen-bond donors (Lipinski definition) is 2. The number of aliphatic carboxylic acids is 1. The molecule has 1 aliphatic heterocycles. The van der Waals surface area contributed by atoms with Gasteiger partial charge in [-0.1, -0.05) is 0 Å². The van der Waals surface area contributed by atoms with Crippen LogP contribution >= 0.6 is 11.8 Å². The largest absolute Gasteiger partial charge is 0.481 e. The fraction of sp³-hybridized carbons (Fsp3) is 0.889. The van der Waals surface area contributed by atoms with Crippen molar-refractivity contribution in [1.82, 2.24) is 5.32 Å². The molecule has 0 bridgehead atoms. The van der Waals surface area contributed by atoms with Crippen LogP contribution in [0.25, 0.3) is 0 Å². The molecule has 13 heavy (non-hydrogen) atoms. The van der Waals surface area contributed by atoms with Crippen molar-refractivity contribution in [3.05, 3.63) is 0 Å². The highest BCUT2D eigenvalue weighted by atomic mass is 32.2. The predicted octanol–water partition coefficient (Wildman–Crippen LogP) is 1.09. The van der Waals surface area contributed by atoms with Crippen LogP contribution in [0.3, 0.4) is 0 Å². The van der Waals surface area contributed by atoms with Crippen LogP contribution in [0, 0.1) is 0 Å². The number of nitrogens with one attached hydrogen (secondary N) is 1. The van der Waals surface area contributed by atoms with E-state index >= 15 is 0 Å². The quantitative estimate of drug-likeness (QED) is 0.715. The minimum Gasteiger partial charge on any atom is -0.481 e. The van der Waals surface area contributed by atoms with Crippen LogP contribution in [-0.2, 0) is 4.79 Å². The Labute approximate surface area is 82.3 Å². The van der Waals surface area contributed by atoms with Crippen LogP contribution in [0.5, 0.6) is 0 Å². The van der Waals surface area contributed by atoms with E-state index in [-0.39, 0.29) is 12.0 Å². The molecule has 4 heteroatoms. The van der Waals surface area contributed by atoms with Gasteiger partial charge in [0.25, 0.3) is 0 Å². The highest BCUT2D eigenvalue weighted by Gasteiger charge is 2.40. The third-order valence-corrected chi connectivity index (χ3v) is 3.93. The monoisotopic (exact) mass is 201 g/mol. The van der Waals surface area contributed by atoms with Gasteiger partial charge >= 0.3 is 5.97 Å². The first-order valence-electron chi connectivity index (χ1n) is 4.77. The summed E-state index contributed by atoms with van der Waals surface area (Å²) in [6.07, 6.45) is 3.76. The first kappa shape index (κ1) is 9.34. The van der Waals surface area contributed by atoms with Crippen LogP contribution in [0.2, 0.25) is 0 Å². The Morgan fingerprint density at radius 1 is 1.62 bits per heavy atom. The molecule has 2 rings (SSSR count). The minimum absolute atomic E-state index is 0.0856. The lowest BCUT2D eigenvalue weighted by atomic mass is 9.94. The van der Waals surface area contributed by atoms with Gasteiger partial charge in [0.1, 0.15) is 0 Å². The van der Waals surface area contributed by atoms with Gasteiger partial charge in [0, 0.05) is 17.3 Å². The first-order valence-corrected chi connectivity index (χ1v) is 5.93. The summed E-state index contributed by atoms with van der Waals surface area (Å²) in [6.45, 7) is 0. The minimum atomic E-state index is -0.671. The van der Waals surface area contributed by atoms with E-state index in [9.17, 15) is 4.79 Å². The van der Waals surface area contributed by atoms with Crippen molar-refractivity contribution in [2.45, 2.75) is 37.3 Å². The Hall–Kier alpha value is -0.220. The number of rotatable bonds is 4. The Morgan fingerprint density at radius 2 is 2.38 bits per heavy atom. The van der Waals surface area contributed by atoms with Crippen molar-refractivity contribution in [3.8, 4) is 0 Å². The third kappa shape index (κ3) is 2.38. The van der Waals surface area contributed by atoms with Gasteiger partial charge in [-0.05, 0) is 25.0 Å². The Morgan fingerprint density at radius 3 is 2.85 bits per heavy atom. The van der Waals surface area contributed by atoms with Crippen LogP contribution in [0.1, 0.15) is 25.7 Å². The molecule has 2 fully saturated rings. The predicted molar refractivity (Wildman–Crippen MR) is 53.1 cm³/mol. The smallest absolute Gasteiger partial charge is 0.305 e. The topological polar surface area (TPSA) is 49.3 Å². The molecule has 3 nitrogen and oxygen atoms in total. The molecule has 2 N–H and O–H groups in total. The van der Waals surface area contributed by atoms with Gasteiger partial charge in [0.15, 0.2) is 0 Å². The van der Waals surface area contributed by atoms with Crippen LogP contribution < -0.4 is 5.32 Å². The lowest BCUT2D eigenvalue weighted by molar-refractivity contribution is -0.138. The molecule has 1 aliphatic carbocycles. The van der Waals surface area contributed by atoms with Crippen molar-refractivity contribution in [2.24, 2.45) is 0 Å². The molecule has 1 unspecified atom stereocenters. The fourth-order valence-corrected chi connectivity index (χ4v) is 3.26. The van der Waals surface area contributed by atoms with Gasteiger partial charge in [0.2, 0.25) is 0 Å². The normalized spacial score (nSPS) is 33.5. The van der Waals surface area contributed by atoms with Gasteiger partial charge in [0.05, 0.1) is 6.42 Å². The number of thioether (sulfide) groups is 1. The van der Waals surface area contributed by atoms with Crippen molar-refractivity contribution < 1.29 is 9.90 Å². The van der Waals surface area contributed by atoms with Gasteiger partial charge in [-0.15, -0.1) is 0 Å². The molecule has 0 spiro atoms. The summed E-state index contributed by atoms with van der Waals surface area (Å²) in [5.74, 6) is 1.40. The molecule has 0 aromatic carbocycles. The molecule has 2 aliphatic rings. The Bertz CT molecular complexity index is 210. The van der Waals surface area contributed by atoms with E-state index in [0.29, 0.717) is 6.04 Å². The van der Waals surface area contributed by atoms with Gasteiger partial charge in [-0.2, -0.15) is 11.8 Å². The van der Waals surface area contributed by atoms with Crippen LogP contribution in [0.15, 0.2) is 0 Å².